The molecule has 1 aromatic carbocycles. The number of amides is 1. The van der Waals surface area contributed by atoms with Gasteiger partial charge in [0.1, 0.15) is 0 Å². The van der Waals surface area contributed by atoms with Crippen LogP contribution in [0.2, 0.25) is 0 Å². The fraction of sp³-hybridized carbons (Fsp3) is 0.588. The highest BCUT2D eigenvalue weighted by molar-refractivity contribution is 5.79. The molecule has 0 aromatic heterocycles. The molecule has 5 heteroatoms. The molecule has 2 rings (SSSR count). The van der Waals surface area contributed by atoms with Gasteiger partial charge in [-0.2, -0.15) is 13.2 Å². The van der Waals surface area contributed by atoms with E-state index in [-0.39, 0.29) is 18.4 Å². The van der Waals surface area contributed by atoms with Gasteiger partial charge in [-0.25, -0.2) is 0 Å². The topological polar surface area (TPSA) is 20.3 Å². The molecule has 0 saturated carbocycles. The summed E-state index contributed by atoms with van der Waals surface area (Å²) in [6.07, 6.45) is 0.764. The first-order valence-corrected chi connectivity index (χ1v) is 7.87. The Kier molecular flexibility index (Phi) is 5.48. The maximum absolute atomic E-state index is 12.7. The van der Waals surface area contributed by atoms with E-state index in [2.05, 4.69) is 6.92 Å². The first-order valence-electron chi connectivity index (χ1n) is 7.87. The largest absolute Gasteiger partial charge is 0.416 e. The number of piperidine rings is 1. The van der Waals surface area contributed by atoms with E-state index < -0.39 is 11.7 Å². The normalized spacial score (nSPS) is 19.3. The van der Waals surface area contributed by atoms with Crippen LogP contribution in [0.5, 0.6) is 0 Å². The summed E-state index contributed by atoms with van der Waals surface area (Å²) in [5.74, 6) is -0.0579. The highest BCUT2D eigenvalue weighted by atomic mass is 19.4. The minimum Gasteiger partial charge on any atom is -0.339 e. The van der Waals surface area contributed by atoms with Crippen molar-refractivity contribution in [3.63, 3.8) is 0 Å². The standard InChI is InChI=1S/C17H22F3NO/c1-2-6-15-9-3-4-10-21(15)16(22)12-13-7-5-8-14(11-13)17(18,19)20/h5,7-8,11,15H,2-4,6,9-10,12H2,1H3. The average molecular weight is 313 g/mol. The summed E-state index contributed by atoms with van der Waals surface area (Å²) in [6.45, 7) is 2.81. The van der Waals surface area contributed by atoms with Crippen LogP contribution in [0.15, 0.2) is 24.3 Å². The van der Waals surface area contributed by atoms with Gasteiger partial charge in [-0.1, -0.05) is 31.5 Å². The number of carbonyl (C=O) groups excluding carboxylic acids is 1. The molecule has 1 fully saturated rings. The van der Waals surface area contributed by atoms with Gasteiger partial charge in [0.25, 0.3) is 0 Å². The number of nitrogens with zero attached hydrogens (tertiary/aromatic N) is 1. The van der Waals surface area contributed by atoms with Gasteiger partial charge in [0.05, 0.1) is 12.0 Å². The Labute approximate surface area is 129 Å². The van der Waals surface area contributed by atoms with Crippen LogP contribution in [0.1, 0.15) is 50.2 Å². The monoisotopic (exact) mass is 313 g/mol. The van der Waals surface area contributed by atoms with Crippen molar-refractivity contribution in [2.45, 2.75) is 57.7 Å². The lowest BCUT2D eigenvalue weighted by atomic mass is 9.97. The van der Waals surface area contributed by atoms with E-state index in [1.54, 1.807) is 6.07 Å². The Morgan fingerprint density at radius 1 is 1.32 bits per heavy atom. The number of hydrogen-bond donors (Lipinski definition) is 0. The number of benzene rings is 1. The molecule has 1 aromatic rings. The molecule has 1 unspecified atom stereocenters. The maximum Gasteiger partial charge on any atom is 0.416 e. The molecule has 2 nitrogen and oxygen atoms in total. The molecule has 0 spiro atoms. The van der Waals surface area contributed by atoms with Crippen LogP contribution in [0.4, 0.5) is 13.2 Å². The zero-order valence-corrected chi connectivity index (χ0v) is 12.8. The summed E-state index contributed by atoms with van der Waals surface area (Å²) in [5, 5.41) is 0. The zero-order chi connectivity index (χ0) is 16.2. The quantitative estimate of drug-likeness (QED) is 0.805. The molecule has 1 amide bonds. The molecular formula is C17H22F3NO. The minimum atomic E-state index is -4.37. The number of rotatable bonds is 4. The highest BCUT2D eigenvalue weighted by Gasteiger charge is 2.31. The SMILES string of the molecule is CCCC1CCCCN1C(=O)Cc1cccc(C(F)(F)F)c1. The van der Waals surface area contributed by atoms with E-state index in [0.29, 0.717) is 5.56 Å². The van der Waals surface area contributed by atoms with Crippen LogP contribution in [-0.4, -0.2) is 23.4 Å². The third kappa shape index (κ3) is 4.24. The number of halogens is 3. The summed E-state index contributed by atoms with van der Waals surface area (Å²) in [6, 6.07) is 5.32. The fourth-order valence-corrected chi connectivity index (χ4v) is 3.10. The van der Waals surface area contributed by atoms with E-state index in [4.69, 9.17) is 0 Å². The van der Waals surface area contributed by atoms with Gasteiger partial charge in [0.2, 0.25) is 5.91 Å². The Balaban J connectivity index is 2.07. The summed E-state index contributed by atoms with van der Waals surface area (Å²) in [4.78, 5) is 14.3. The van der Waals surface area contributed by atoms with E-state index in [1.165, 1.54) is 6.07 Å². The Morgan fingerprint density at radius 2 is 2.09 bits per heavy atom. The van der Waals surface area contributed by atoms with Gasteiger partial charge in [-0.3, -0.25) is 4.79 Å². The first-order chi connectivity index (χ1) is 10.4. The molecule has 1 aliphatic heterocycles. The molecule has 0 aliphatic carbocycles. The number of alkyl halides is 3. The molecular weight excluding hydrogens is 291 g/mol. The third-order valence-electron chi connectivity index (χ3n) is 4.18. The van der Waals surface area contributed by atoms with Gasteiger partial charge >= 0.3 is 6.18 Å². The minimum absolute atomic E-state index is 0.0458. The zero-order valence-electron chi connectivity index (χ0n) is 12.8. The Morgan fingerprint density at radius 3 is 2.77 bits per heavy atom. The molecule has 1 atom stereocenters. The van der Waals surface area contributed by atoms with E-state index in [9.17, 15) is 18.0 Å². The van der Waals surface area contributed by atoms with Gasteiger partial charge < -0.3 is 4.90 Å². The summed E-state index contributed by atoms with van der Waals surface area (Å²) in [7, 11) is 0. The van der Waals surface area contributed by atoms with Crippen molar-refractivity contribution in [3.05, 3.63) is 35.4 Å². The second-order valence-electron chi connectivity index (χ2n) is 5.90. The van der Waals surface area contributed by atoms with Gasteiger partial charge in [0.15, 0.2) is 0 Å². The van der Waals surface area contributed by atoms with Gasteiger partial charge in [-0.15, -0.1) is 0 Å². The summed E-state index contributed by atoms with van der Waals surface area (Å²) in [5.41, 5.74) is -0.262. The second-order valence-corrected chi connectivity index (χ2v) is 5.90. The van der Waals surface area contributed by atoms with Crippen LogP contribution in [-0.2, 0) is 17.4 Å². The van der Waals surface area contributed by atoms with Crippen molar-refractivity contribution in [2.75, 3.05) is 6.54 Å². The molecule has 1 saturated heterocycles. The van der Waals surface area contributed by atoms with E-state index >= 15 is 0 Å². The Hall–Kier alpha value is -1.52. The number of carbonyl (C=O) groups is 1. The van der Waals surface area contributed by atoms with Crippen LogP contribution < -0.4 is 0 Å². The van der Waals surface area contributed by atoms with Crippen LogP contribution >= 0.6 is 0 Å². The summed E-state index contributed by atoms with van der Waals surface area (Å²) < 4.78 is 38.2. The van der Waals surface area contributed by atoms with Crippen molar-refractivity contribution < 1.29 is 18.0 Å². The average Bonchev–Trinajstić information content (AvgIpc) is 2.47. The predicted molar refractivity (Wildman–Crippen MR) is 79.4 cm³/mol. The summed E-state index contributed by atoms with van der Waals surface area (Å²) >= 11 is 0. The van der Waals surface area contributed by atoms with Crippen molar-refractivity contribution >= 4 is 5.91 Å². The van der Waals surface area contributed by atoms with Crippen LogP contribution in [0.3, 0.4) is 0 Å². The number of hydrogen-bond acceptors (Lipinski definition) is 1. The van der Waals surface area contributed by atoms with Crippen molar-refractivity contribution in [2.24, 2.45) is 0 Å². The lowest BCUT2D eigenvalue weighted by molar-refractivity contribution is -0.138. The highest BCUT2D eigenvalue weighted by Crippen LogP contribution is 2.30. The van der Waals surface area contributed by atoms with Crippen molar-refractivity contribution in [1.29, 1.82) is 0 Å². The van der Waals surface area contributed by atoms with E-state index in [0.717, 1.165) is 50.8 Å². The molecule has 0 N–H and O–H groups in total. The molecule has 0 radical (unpaired) electrons. The first kappa shape index (κ1) is 16.8. The second kappa shape index (κ2) is 7.16. The molecule has 0 bridgehead atoms. The van der Waals surface area contributed by atoms with Gasteiger partial charge in [-0.05, 0) is 37.3 Å². The van der Waals surface area contributed by atoms with Crippen molar-refractivity contribution in [3.8, 4) is 0 Å². The molecule has 1 aliphatic rings. The van der Waals surface area contributed by atoms with Crippen LogP contribution in [0, 0.1) is 0 Å². The van der Waals surface area contributed by atoms with Gasteiger partial charge in [0, 0.05) is 12.6 Å². The third-order valence-corrected chi connectivity index (χ3v) is 4.18. The maximum atomic E-state index is 12.7. The molecule has 1 heterocycles. The van der Waals surface area contributed by atoms with Crippen LogP contribution in [0.25, 0.3) is 0 Å². The number of likely N-dealkylation sites (tertiary alicyclic amines) is 1. The lowest BCUT2D eigenvalue weighted by Gasteiger charge is -2.36. The fourth-order valence-electron chi connectivity index (χ4n) is 3.10. The smallest absolute Gasteiger partial charge is 0.339 e. The van der Waals surface area contributed by atoms with Crippen molar-refractivity contribution in [1.82, 2.24) is 4.90 Å². The molecule has 122 valence electrons. The lowest BCUT2D eigenvalue weighted by Crippen LogP contribution is -2.44. The Bertz CT molecular complexity index is 511. The van der Waals surface area contributed by atoms with E-state index in [1.807, 2.05) is 4.90 Å². The predicted octanol–water partition coefficient (Wildman–Crippen LogP) is 4.43. The molecule has 22 heavy (non-hydrogen) atoms.